The van der Waals surface area contributed by atoms with Crippen LogP contribution in [0.25, 0.3) is 10.8 Å². The van der Waals surface area contributed by atoms with Gasteiger partial charge in [-0.3, -0.25) is 9.69 Å². The number of amidine groups is 1. The van der Waals surface area contributed by atoms with Crippen molar-refractivity contribution in [2.24, 2.45) is 4.99 Å². The number of aliphatic imine (C=N–C) groups is 1. The van der Waals surface area contributed by atoms with E-state index in [-0.39, 0.29) is 5.91 Å². The van der Waals surface area contributed by atoms with Crippen LogP contribution < -0.4 is 9.80 Å². The fourth-order valence-corrected chi connectivity index (χ4v) is 6.43. The second kappa shape index (κ2) is 8.14. The van der Waals surface area contributed by atoms with Crippen molar-refractivity contribution in [2.45, 2.75) is 4.90 Å². The summed E-state index contributed by atoms with van der Waals surface area (Å²) in [6, 6.07) is 32.2. The first kappa shape index (κ1) is 20.1. The summed E-state index contributed by atoms with van der Waals surface area (Å²) in [5.41, 5.74) is 2.78. The summed E-state index contributed by atoms with van der Waals surface area (Å²) in [6.45, 7) is 0. The smallest absolute Gasteiger partial charge is 0.274 e. The van der Waals surface area contributed by atoms with Gasteiger partial charge in [0.05, 0.1) is 22.1 Å². The molecular formula is C27H19N3OS2. The Kier molecular flexibility index (Phi) is 4.97. The highest BCUT2D eigenvalue weighted by Gasteiger charge is 2.40. The van der Waals surface area contributed by atoms with Crippen LogP contribution >= 0.6 is 23.5 Å². The van der Waals surface area contributed by atoms with Crippen LogP contribution in [0.1, 0.15) is 0 Å². The van der Waals surface area contributed by atoms with Crippen molar-refractivity contribution < 1.29 is 4.79 Å². The van der Waals surface area contributed by atoms with Crippen LogP contribution in [0, 0.1) is 0 Å². The van der Waals surface area contributed by atoms with E-state index in [9.17, 15) is 4.79 Å². The number of thioether (sulfide) groups is 2. The number of amides is 1. The van der Waals surface area contributed by atoms with Crippen molar-refractivity contribution in [1.82, 2.24) is 0 Å². The van der Waals surface area contributed by atoms with Crippen molar-refractivity contribution >= 4 is 62.4 Å². The van der Waals surface area contributed by atoms with Crippen molar-refractivity contribution in [3.8, 4) is 0 Å². The summed E-state index contributed by atoms with van der Waals surface area (Å²) in [4.78, 5) is 24.5. The van der Waals surface area contributed by atoms with Crippen LogP contribution in [-0.2, 0) is 4.79 Å². The molecule has 0 N–H and O–H groups in total. The van der Waals surface area contributed by atoms with Crippen LogP contribution in [0.3, 0.4) is 0 Å². The highest BCUT2D eigenvalue weighted by atomic mass is 32.2. The molecule has 4 aromatic rings. The minimum atomic E-state index is -0.0488. The summed E-state index contributed by atoms with van der Waals surface area (Å²) in [5, 5.41) is 3.79. The minimum Gasteiger partial charge on any atom is -0.337 e. The highest BCUT2D eigenvalue weighted by molar-refractivity contribution is 8.20. The number of nitrogens with zero attached hydrogens (tertiary/aromatic N) is 3. The lowest BCUT2D eigenvalue weighted by Crippen LogP contribution is -2.29. The standard InChI is InChI=1S/C27H19N3OS2/c1-29-22-16-7-8-17-23(22)32-26(29)24-25(31)30(19-12-3-2-4-13-19)27(33-24)28-21-15-9-11-18-10-5-6-14-20(18)21/h2-17H,1H3/b26-24-,28-27?. The molecule has 1 amide bonds. The number of anilines is 2. The molecule has 6 heteroatoms. The molecule has 6 rings (SSSR count). The van der Waals surface area contributed by atoms with Gasteiger partial charge in [0.1, 0.15) is 4.91 Å². The maximum Gasteiger partial charge on any atom is 0.274 e. The van der Waals surface area contributed by atoms with Gasteiger partial charge in [0.25, 0.3) is 5.91 Å². The Bertz CT molecular complexity index is 1460. The Balaban J connectivity index is 1.50. The lowest BCUT2D eigenvalue weighted by atomic mass is 10.1. The molecule has 0 bridgehead atoms. The Hall–Kier alpha value is -3.48. The molecule has 2 aliphatic rings. The van der Waals surface area contributed by atoms with Gasteiger partial charge in [-0.1, -0.05) is 78.5 Å². The van der Waals surface area contributed by atoms with Crippen LogP contribution in [0.5, 0.6) is 0 Å². The molecule has 0 atom stereocenters. The quantitative estimate of drug-likeness (QED) is 0.298. The molecule has 0 spiro atoms. The summed E-state index contributed by atoms with van der Waals surface area (Å²) in [5.74, 6) is -0.0488. The molecule has 33 heavy (non-hydrogen) atoms. The Morgan fingerprint density at radius 1 is 0.758 bits per heavy atom. The van der Waals surface area contributed by atoms with E-state index in [1.54, 1.807) is 16.7 Å². The molecule has 2 aliphatic heterocycles. The normalized spacial score (nSPS) is 19.1. The van der Waals surface area contributed by atoms with Gasteiger partial charge in [-0.15, -0.1) is 0 Å². The van der Waals surface area contributed by atoms with E-state index in [1.165, 1.54) is 11.8 Å². The summed E-state index contributed by atoms with van der Waals surface area (Å²) in [6.07, 6.45) is 0. The van der Waals surface area contributed by atoms with Gasteiger partial charge < -0.3 is 4.90 Å². The first-order valence-corrected chi connectivity index (χ1v) is 12.2. The van der Waals surface area contributed by atoms with Crippen LogP contribution in [0.4, 0.5) is 17.1 Å². The summed E-state index contributed by atoms with van der Waals surface area (Å²) in [7, 11) is 2.02. The molecular weight excluding hydrogens is 446 g/mol. The first-order valence-electron chi connectivity index (χ1n) is 10.6. The maximum absolute atomic E-state index is 13.8. The monoisotopic (exact) mass is 465 g/mol. The molecule has 1 fully saturated rings. The number of carbonyl (C=O) groups excluding carboxylic acids is 1. The number of carbonyl (C=O) groups is 1. The van der Waals surface area contributed by atoms with Crippen molar-refractivity contribution in [1.29, 1.82) is 0 Å². The van der Waals surface area contributed by atoms with Gasteiger partial charge in [0.15, 0.2) is 5.17 Å². The second-order valence-electron chi connectivity index (χ2n) is 7.73. The largest absolute Gasteiger partial charge is 0.337 e. The second-order valence-corrected chi connectivity index (χ2v) is 9.74. The number of benzene rings is 4. The SMILES string of the molecule is CN1/C(=C2/SC(=Nc3cccc4ccccc34)N(c3ccccc3)C2=O)Sc2ccccc21. The van der Waals surface area contributed by atoms with Crippen molar-refractivity contribution in [2.75, 3.05) is 16.8 Å². The van der Waals surface area contributed by atoms with E-state index < -0.39 is 0 Å². The van der Waals surface area contributed by atoms with Crippen molar-refractivity contribution in [3.05, 3.63) is 107 Å². The van der Waals surface area contributed by atoms with E-state index >= 15 is 0 Å². The van der Waals surface area contributed by atoms with Crippen molar-refractivity contribution in [3.63, 3.8) is 0 Å². The molecule has 4 nitrogen and oxygen atoms in total. The maximum atomic E-state index is 13.8. The Morgan fingerprint density at radius 2 is 1.48 bits per heavy atom. The summed E-state index contributed by atoms with van der Waals surface area (Å²) >= 11 is 3.08. The molecule has 0 saturated carbocycles. The third-order valence-corrected chi connectivity index (χ3v) is 8.11. The lowest BCUT2D eigenvalue weighted by molar-refractivity contribution is -0.113. The fraction of sp³-hybridized carbons (Fsp3) is 0.0370. The predicted molar refractivity (Wildman–Crippen MR) is 140 cm³/mol. The highest BCUT2D eigenvalue weighted by Crippen LogP contribution is 2.50. The first-order chi connectivity index (χ1) is 16.2. The number of hydrogen-bond acceptors (Lipinski definition) is 5. The fourth-order valence-electron chi connectivity index (χ4n) is 4.09. The van der Waals surface area contributed by atoms with E-state index in [0.29, 0.717) is 10.1 Å². The number of hydrogen-bond donors (Lipinski definition) is 0. The van der Waals surface area contributed by atoms with Gasteiger partial charge in [0.2, 0.25) is 0 Å². The van der Waals surface area contributed by atoms with E-state index in [4.69, 9.17) is 4.99 Å². The topological polar surface area (TPSA) is 35.9 Å². The van der Waals surface area contributed by atoms with Crippen LogP contribution in [0.2, 0.25) is 0 Å². The molecule has 0 radical (unpaired) electrons. The zero-order chi connectivity index (χ0) is 22.4. The number of fused-ring (bicyclic) bond motifs is 2. The van der Waals surface area contributed by atoms with E-state index in [0.717, 1.165) is 37.8 Å². The Labute approximate surface area is 200 Å². The third kappa shape index (κ3) is 3.43. The third-order valence-electron chi connectivity index (χ3n) is 5.71. The predicted octanol–water partition coefficient (Wildman–Crippen LogP) is 7.02. The van der Waals surface area contributed by atoms with Crippen LogP contribution in [-0.4, -0.2) is 18.1 Å². The number of para-hydroxylation sites is 2. The lowest BCUT2D eigenvalue weighted by Gasteiger charge is -2.16. The van der Waals surface area contributed by atoms with E-state index in [1.807, 2.05) is 73.8 Å². The van der Waals surface area contributed by atoms with Crippen LogP contribution in [0.15, 0.2) is 117 Å². The molecule has 4 aromatic carbocycles. The molecule has 0 aromatic heterocycles. The Morgan fingerprint density at radius 3 is 2.33 bits per heavy atom. The average Bonchev–Trinajstić information content (AvgIpc) is 3.36. The van der Waals surface area contributed by atoms with Gasteiger partial charge in [0, 0.05) is 17.3 Å². The number of rotatable bonds is 2. The molecule has 0 aliphatic carbocycles. The molecule has 1 saturated heterocycles. The van der Waals surface area contributed by atoms with E-state index in [2.05, 4.69) is 35.2 Å². The average molecular weight is 466 g/mol. The zero-order valence-electron chi connectivity index (χ0n) is 17.8. The summed E-state index contributed by atoms with van der Waals surface area (Å²) < 4.78 is 0. The van der Waals surface area contributed by atoms with Gasteiger partial charge in [-0.05, 0) is 47.5 Å². The molecule has 2 heterocycles. The zero-order valence-corrected chi connectivity index (χ0v) is 19.4. The molecule has 0 unspecified atom stereocenters. The minimum absolute atomic E-state index is 0.0488. The van der Waals surface area contributed by atoms with Gasteiger partial charge in [-0.2, -0.15) is 0 Å². The molecule has 160 valence electrons. The van der Waals surface area contributed by atoms with Gasteiger partial charge in [-0.25, -0.2) is 4.99 Å². The van der Waals surface area contributed by atoms with Gasteiger partial charge >= 0.3 is 0 Å².